The van der Waals surface area contributed by atoms with E-state index < -0.39 is 4.92 Å². The largest absolute Gasteiger partial charge is 0.380 e. The highest BCUT2D eigenvalue weighted by atomic mass is 79.9. The van der Waals surface area contributed by atoms with Crippen molar-refractivity contribution in [1.29, 1.82) is 0 Å². The Morgan fingerprint density at radius 3 is 2.89 bits per heavy atom. The number of benzene rings is 1. The lowest BCUT2D eigenvalue weighted by Crippen LogP contribution is -2.30. The van der Waals surface area contributed by atoms with E-state index in [4.69, 9.17) is 4.74 Å². The van der Waals surface area contributed by atoms with Gasteiger partial charge in [0.2, 0.25) is 0 Å². The summed E-state index contributed by atoms with van der Waals surface area (Å²) in [5, 5.41) is 10.8. The van der Waals surface area contributed by atoms with Gasteiger partial charge in [-0.25, -0.2) is 0 Å². The summed E-state index contributed by atoms with van der Waals surface area (Å²) < 4.78 is 5.76. The van der Waals surface area contributed by atoms with E-state index in [1.165, 1.54) is 18.2 Å². The molecular weight excluding hydrogens is 316 g/mol. The highest BCUT2D eigenvalue weighted by Gasteiger charge is 2.28. The summed E-state index contributed by atoms with van der Waals surface area (Å²) in [5.41, 5.74) is 0.222. The number of carbonyl (C=O) groups excluding carboxylic acids is 1. The summed E-state index contributed by atoms with van der Waals surface area (Å²) >= 11 is 3.26. The summed E-state index contributed by atoms with van der Waals surface area (Å²) in [7, 11) is 1.61. The fraction of sp³-hybridized carbons (Fsp3) is 0.417. The monoisotopic (exact) mass is 328 g/mol. The Hall–Kier alpha value is -1.47. The minimum atomic E-state index is -0.509. The first-order chi connectivity index (χ1) is 9.02. The summed E-state index contributed by atoms with van der Waals surface area (Å²) in [6.45, 7) is 1.12. The molecule has 1 fully saturated rings. The number of rotatable bonds is 3. The van der Waals surface area contributed by atoms with Gasteiger partial charge in [-0.1, -0.05) is 0 Å². The zero-order valence-electron chi connectivity index (χ0n) is 10.3. The number of nitro groups is 1. The number of non-ortho nitro benzene ring substituents is 1. The van der Waals surface area contributed by atoms with Crippen molar-refractivity contribution in [3.05, 3.63) is 38.3 Å². The fourth-order valence-corrected chi connectivity index (χ4v) is 2.48. The molecule has 0 bridgehead atoms. The lowest BCUT2D eigenvalue weighted by Gasteiger charge is -2.16. The van der Waals surface area contributed by atoms with E-state index in [0.717, 1.165) is 6.42 Å². The number of carbonyl (C=O) groups is 1. The maximum absolute atomic E-state index is 12.3. The topological polar surface area (TPSA) is 72.7 Å². The molecule has 1 aliphatic rings. The summed E-state index contributed by atoms with van der Waals surface area (Å²) in [4.78, 5) is 24.2. The van der Waals surface area contributed by atoms with Crippen molar-refractivity contribution in [2.45, 2.75) is 12.5 Å². The van der Waals surface area contributed by atoms with Crippen LogP contribution in [-0.4, -0.2) is 42.0 Å². The first-order valence-electron chi connectivity index (χ1n) is 5.79. The highest BCUT2D eigenvalue weighted by Crippen LogP contribution is 2.25. The van der Waals surface area contributed by atoms with Crippen molar-refractivity contribution in [3.8, 4) is 0 Å². The van der Waals surface area contributed by atoms with Crippen LogP contribution in [0.4, 0.5) is 5.69 Å². The molecule has 1 atom stereocenters. The van der Waals surface area contributed by atoms with Crippen molar-refractivity contribution >= 4 is 27.5 Å². The van der Waals surface area contributed by atoms with Gasteiger partial charge in [0.1, 0.15) is 0 Å². The first kappa shape index (κ1) is 14.0. The molecule has 0 aromatic heterocycles. The Labute approximate surface area is 118 Å². The quantitative estimate of drug-likeness (QED) is 0.630. The molecule has 19 heavy (non-hydrogen) atoms. The maximum Gasteiger partial charge on any atom is 0.270 e. The van der Waals surface area contributed by atoms with Gasteiger partial charge in [0.15, 0.2) is 0 Å². The van der Waals surface area contributed by atoms with E-state index in [9.17, 15) is 14.9 Å². The van der Waals surface area contributed by atoms with E-state index in [0.29, 0.717) is 23.1 Å². The summed E-state index contributed by atoms with van der Waals surface area (Å²) in [6, 6.07) is 4.19. The van der Waals surface area contributed by atoms with Crippen molar-refractivity contribution < 1.29 is 14.5 Å². The second-order valence-electron chi connectivity index (χ2n) is 4.32. The van der Waals surface area contributed by atoms with Gasteiger partial charge in [-0.05, 0) is 28.4 Å². The molecule has 1 aliphatic heterocycles. The third-order valence-electron chi connectivity index (χ3n) is 3.16. The SMILES string of the molecule is COC1CCN(C(=O)c2cc([N+](=O)[O-])ccc2Br)C1. The molecule has 1 unspecified atom stereocenters. The van der Waals surface area contributed by atoms with E-state index in [-0.39, 0.29) is 17.7 Å². The lowest BCUT2D eigenvalue weighted by molar-refractivity contribution is -0.384. The van der Waals surface area contributed by atoms with Gasteiger partial charge in [-0.3, -0.25) is 14.9 Å². The molecule has 1 saturated heterocycles. The standard InChI is InChI=1S/C12H13BrN2O4/c1-19-9-4-5-14(7-9)12(16)10-6-8(15(17)18)2-3-11(10)13/h2-3,6,9H,4-5,7H2,1H3. The number of ether oxygens (including phenoxy) is 1. The molecule has 1 aromatic rings. The van der Waals surface area contributed by atoms with E-state index in [1.54, 1.807) is 12.0 Å². The van der Waals surface area contributed by atoms with Gasteiger partial charge in [-0.15, -0.1) is 0 Å². The minimum Gasteiger partial charge on any atom is -0.380 e. The molecule has 1 aromatic carbocycles. The maximum atomic E-state index is 12.3. The van der Waals surface area contributed by atoms with Crippen LogP contribution < -0.4 is 0 Å². The predicted molar refractivity (Wildman–Crippen MR) is 72.1 cm³/mol. The van der Waals surface area contributed by atoms with Crippen LogP contribution in [0.5, 0.6) is 0 Å². The number of amides is 1. The van der Waals surface area contributed by atoms with Gasteiger partial charge in [0, 0.05) is 36.8 Å². The molecule has 1 heterocycles. The molecular formula is C12H13BrN2O4. The zero-order valence-corrected chi connectivity index (χ0v) is 11.9. The van der Waals surface area contributed by atoms with Crippen LogP contribution in [0.15, 0.2) is 22.7 Å². The Morgan fingerprint density at radius 2 is 2.32 bits per heavy atom. The second-order valence-corrected chi connectivity index (χ2v) is 5.17. The van der Waals surface area contributed by atoms with Crippen LogP contribution in [0.2, 0.25) is 0 Å². The summed E-state index contributed by atoms with van der Waals surface area (Å²) in [6.07, 6.45) is 0.829. The van der Waals surface area contributed by atoms with Gasteiger partial charge in [0.25, 0.3) is 11.6 Å². The Balaban J connectivity index is 2.24. The van der Waals surface area contributed by atoms with Crippen LogP contribution >= 0.6 is 15.9 Å². The number of methoxy groups -OCH3 is 1. The van der Waals surface area contributed by atoms with Gasteiger partial charge >= 0.3 is 0 Å². The number of nitrogens with zero attached hydrogens (tertiary/aromatic N) is 2. The lowest BCUT2D eigenvalue weighted by atomic mass is 10.2. The molecule has 2 rings (SSSR count). The van der Waals surface area contributed by atoms with Gasteiger partial charge in [0.05, 0.1) is 16.6 Å². The Bertz CT molecular complexity index is 520. The zero-order chi connectivity index (χ0) is 14.0. The highest BCUT2D eigenvalue weighted by molar-refractivity contribution is 9.10. The van der Waals surface area contributed by atoms with E-state index in [2.05, 4.69) is 15.9 Å². The first-order valence-corrected chi connectivity index (χ1v) is 6.58. The molecule has 0 aliphatic carbocycles. The van der Waals surface area contributed by atoms with Crippen LogP contribution in [0, 0.1) is 10.1 Å². The third-order valence-corrected chi connectivity index (χ3v) is 3.85. The molecule has 0 radical (unpaired) electrons. The van der Waals surface area contributed by atoms with Crippen LogP contribution in [0.25, 0.3) is 0 Å². The van der Waals surface area contributed by atoms with Crippen molar-refractivity contribution in [3.63, 3.8) is 0 Å². The molecule has 0 N–H and O–H groups in total. The summed E-state index contributed by atoms with van der Waals surface area (Å²) in [5.74, 6) is -0.213. The van der Waals surface area contributed by atoms with E-state index >= 15 is 0 Å². The number of hydrogen-bond acceptors (Lipinski definition) is 4. The van der Waals surface area contributed by atoms with Crippen LogP contribution in [0.1, 0.15) is 16.8 Å². The molecule has 102 valence electrons. The number of likely N-dealkylation sites (tertiary alicyclic amines) is 1. The van der Waals surface area contributed by atoms with Crippen molar-refractivity contribution in [1.82, 2.24) is 4.90 Å². The van der Waals surface area contributed by atoms with Crippen molar-refractivity contribution in [2.75, 3.05) is 20.2 Å². The van der Waals surface area contributed by atoms with Crippen molar-refractivity contribution in [2.24, 2.45) is 0 Å². The normalized spacial score (nSPS) is 18.6. The molecule has 6 nitrogen and oxygen atoms in total. The van der Waals surface area contributed by atoms with E-state index in [1.807, 2.05) is 0 Å². The van der Waals surface area contributed by atoms with Crippen LogP contribution in [-0.2, 0) is 4.74 Å². The third kappa shape index (κ3) is 2.93. The average molecular weight is 329 g/mol. The second kappa shape index (κ2) is 5.66. The van der Waals surface area contributed by atoms with Gasteiger partial charge < -0.3 is 9.64 Å². The molecule has 0 saturated carbocycles. The van der Waals surface area contributed by atoms with Crippen LogP contribution in [0.3, 0.4) is 0 Å². The van der Waals surface area contributed by atoms with Gasteiger partial charge in [-0.2, -0.15) is 0 Å². The predicted octanol–water partition coefficient (Wildman–Crippen LogP) is 2.22. The number of halogens is 1. The number of hydrogen-bond donors (Lipinski definition) is 0. The minimum absolute atomic E-state index is 0.0430. The fourth-order valence-electron chi connectivity index (χ4n) is 2.07. The average Bonchev–Trinajstić information content (AvgIpc) is 2.87. The number of nitro benzene ring substituents is 1. The molecule has 0 spiro atoms. The Morgan fingerprint density at radius 1 is 1.58 bits per heavy atom. The molecule has 7 heteroatoms. The molecule has 1 amide bonds. The Kier molecular flexibility index (Phi) is 4.16. The smallest absolute Gasteiger partial charge is 0.270 e.